The molecule has 5 rings (SSSR count). The van der Waals surface area contributed by atoms with Gasteiger partial charge in [0.05, 0.1) is 13.7 Å². The Morgan fingerprint density at radius 1 is 1.29 bits per heavy atom. The van der Waals surface area contributed by atoms with Crippen LogP contribution in [0.15, 0.2) is 42.5 Å². The maximum atomic E-state index is 13.8. The van der Waals surface area contributed by atoms with Crippen molar-refractivity contribution in [3.05, 3.63) is 59.3 Å². The molecule has 2 atom stereocenters. The fourth-order valence-corrected chi connectivity index (χ4v) is 5.36. The highest BCUT2D eigenvalue weighted by atomic mass is 16.5. The van der Waals surface area contributed by atoms with E-state index in [0.29, 0.717) is 25.3 Å². The second kappa shape index (κ2) is 8.36. The van der Waals surface area contributed by atoms with Gasteiger partial charge in [-0.1, -0.05) is 18.1 Å². The van der Waals surface area contributed by atoms with Crippen molar-refractivity contribution in [3.63, 3.8) is 0 Å². The van der Waals surface area contributed by atoms with Crippen LogP contribution in [0.2, 0.25) is 0 Å². The van der Waals surface area contributed by atoms with Crippen molar-refractivity contribution in [3.8, 4) is 23.8 Å². The molecule has 0 saturated carbocycles. The average molecular weight is 473 g/mol. The predicted molar refractivity (Wildman–Crippen MR) is 132 cm³/mol. The SMILES string of the molecule is C#CCN(C)CCN1C(=O)N2C(c3cccc(O)c3)c3[nH]c4ccc(OC)cc4c3CC2(C)C1=O. The molecule has 3 amide bonds. The highest BCUT2D eigenvalue weighted by Crippen LogP contribution is 2.49. The number of hydrogen-bond acceptors (Lipinski definition) is 5. The maximum Gasteiger partial charge on any atom is 0.328 e. The Bertz CT molecular complexity index is 1370. The van der Waals surface area contributed by atoms with E-state index in [2.05, 4.69) is 10.9 Å². The second-order valence-corrected chi connectivity index (χ2v) is 9.43. The van der Waals surface area contributed by atoms with Crippen molar-refractivity contribution in [2.75, 3.05) is 33.8 Å². The minimum absolute atomic E-state index is 0.0971. The number of phenols is 1. The van der Waals surface area contributed by atoms with Gasteiger partial charge in [-0.05, 0) is 55.4 Å². The van der Waals surface area contributed by atoms with Gasteiger partial charge < -0.3 is 14.8 Å². The molecule has 0 aliphatic carbocycles. The molecule has 0 radical (unpaired) electrons. The number of urea groups is 1. The molecule has 2 aromatic carbocycles. The topological polar surface area (TPSA) is 89.1 Å². The normalized spacial score (nSPS) is 21.4. The van der Waals surface area contributed by atoms with Gasteiger partial charge in [0, 0.05) is 36.1 Å². The molecule has 35 heavy (non-hydrogen) atoms. The zero-order chi connectivity index (χ0) is 24.9. The standard InChI is InChI=1S/C27H28N4O4/c1-5-11-29(3)12-13-30-25(33)27(2)16-21-20-15-19(35-4)9-10-22(20)28-23(21)24(31(27)26(30)34)17-7-6-8-18(32)14-17/h1,6-10,14-15,24,28,32H,11-13,16H2,2-4H3. The van der Waals surface area contributed by atoms with E-state index in [-0.39, 0.29) is 24.2 Å². The summed E-state index contributed by atoms with van der Waals surface area (Å²) in [5, 5.41) is 11.2. The molecular weight excluding hydrogens is 444 g/mol. The molecule has 2 aliphatic rings. The number of imide groups is 1. The fraction of sp³-hybridized carbons (Fsp3) is 0.333. The molecule has 2 N–H and O–H groups in total. The summed E-state index contributed by atoms with van der Waals surface area (Å²) in [7, 11) is 3.48. The Balaban J connectivity index is 1.65. The number of amides is 3. The van der Waals surface area contributed by atoms with Gasteiger partial charge in [-0.15, -0.1) is 6.42 Å². The molecule has 2 unspecified atom stereocenters. The number of nitrogens with one attached hydrogen (secondary N) is 1. The number of fused-ring (bicyclic) bond motifs is 4. The lowest BCUT2D eigenvalue weighted by Crippen LogP contribution is -2.53. The lowest BCUT2D eigenvalue weighted by atomic mass is 9.81. The highest BCUT2D eigenvalue weighted by molar-refractivity contribution is 6.08. The third kappa shape index (κ3) is 3.51. The smallest absolute Gasteiger partial charge is 0.328 e. The van der Waals surface area contributed by atoms with E-state index in [1.807, 2.05) is 43.1 Å². The molecule has 180 valence electrons. The van der Waals surface area contributed by atoms with E-state index in [0.717, 1.165) is 27.7 Å². The number of nitrogens with zero attached hydrogens (tertiary/aromatic N) is 3. The minimum Gasteiger partial charge on any atom is -0.508 e. The fourth-order valence-electron chi connectivity index (χ4n) is 5.36. The summed E-state index contributed by atoms with van der Waals surface area (Å²) >= 11 is 0. The summed E-state index contributed by atoms with van der Waals surface area (Å²) in [6.45, 7) is 2.99. The van der Waals surface area contributed by atoms with E-state index in [1.165, 1.54) is 4.90 Å². The van der Waals surface area contributed by atoms with Crippen molar-refractivity contribution in [1.29, 1.82) is 0 Å². The van der Waals surface area contributed by atoms with E-state index in [4.69, 9.17) is 11.2 Å². The molecule has 2 aliphatic heterocycles. The summed E-state index contributed by atoms with van der Waals surface area (Å²) < 4.78 is 5.45. The van der Waals surface area contributed by atoms with Gasteiger partial charge in [0.25, 0.3) is 5.91 Å². The number of terminal acetylenes is 1. The number of carbonyl (C=O) groups is 2. The lowest BCUT2D eigenvalue weighted by molar-refractivity contribution is -0.133. The van der Waals surface area contributed by atoms with Crippen LogP contribution in [0.4, 0.5) is 4.79 Å². The van der Waals surface area contributed by atoms with Crippen molar-refractivity contribution in [2.45, 2.75) is 24.9 Å². The Hall–Kier alpha value is -3.96. The molecule has 3 aromatic rings. The lowest BCUT2D eigenvalue weighted by Gasteiger charge is -2.42. The van der Waals surface area contributed by atoms with Gasteiger partial charge in [0.1, 0.15) is 23.1 Å². The Morgan fingerprint density at radius 3 is 2.80 bits per heavy atom. The number of phenolic OH excluding ortho intramolecular Hbond substituents is 1. The van der Waals surface area contributed by atoms with Crippen molar-refractivity contribution >= 4 is 22.8 Å². The largest absolute Gasteiger partial charge is 0.508 e. The number of aromatic hydroxyl groups is 1. The van der Waals surface area contributed by atoms with E-state index < -0.39 is 11.6 Å². The number of rotatable bonds is 6. The van der Waals surface area contributed by atoms with E-state index in [9.17, 15) is 14.7 Å². The van der Waals surface area contributed by atoms with E-state index in [1.54, 1.807) is 30.2 Å². The van der Waals surface area contributed by atoms with Crippen LogP contribution in [0.1, 0.15) is 29.8 Å². The van der Waals surface area contributed by atoms with Crippen LogP contribution < -0.4 is 4.74 Å². The number of H-pyrrole nitrogens is 1. The summed E-state index contributed by atoms with van der Waals surface area (Å²) in [5.41, 5.74) is 2.35. The third-order valence-electron chi connectivity index (χ3n) is 7.13. The number of methoxy groups -OCH3 is 1. The molecule has 0 bridgehead atoms. The number of aromatic amines is 1. The number of hydrogen-bond donors (Lipinski definition) is 2. The monoisotopic (exact) mass is 472 g/mol. The molecule has 1 saturated heterocycles. The summed E-state index contributed by atoms with van der Waals surface area (Å²) in [5.74, 6) is 3.16. The van der Waals surface area contributed by atoms with Crippen molar-refractivity contribution in [2.24, 2.45) is 0 Å². The first-order valence-electron chi connectivity index (χ1n) is 11.5. The predicted octanol–water partition coefficient (Wildman–Crippen LogP) is 3.12. The summed E-state index contributed by atoms with van der Waals surface area (Å²) in [4.78, 5) is 36.0. The first-order valence-corrected chi connectivity index (χ1v) is 11.5. The number of aromatic nitrogens is 1. The zero-order valence-electron chi connectivity index (χ0n) is 20.0. The first-order chi connectivity index (χ1) is 16.8. The zero-order valence-corrected chi connectivity index (χ0v) is 20.0. The van der Waals surface area contributed by atoms with Crippen LogP contribution in [0.3, 0.4) is 0 Å². The van der Waals surface area contributed by atoms with Crippen molar-refractivity contribution in [1.82, 2.24) is 19.7 Å². The molecule has 1 aromatic heterocycles. The highest BCUT2D eigenvalue weighted by Gasteiger charge is 2.60. The van der Waals surface area contributed by atoms with Gasteiger partial charge in [0.2, 0.25) is 0 Å². The average Bonchev–Trinajstić information content (AvgIpc) is 3.28. The van der Waals surface area contributed by atoms with E-state index >= 15 is 0 Å². The van der Waals surface area contributed by atoms with Gasteiger partial charge in [-0.25, -0.2) is 4.79 Å². The minimum atomic E-state index is -1.08. The Morgan fingerprint density at radius 2 is 2.09 bits per heavy atom. The van der Waals surface area contributed by atoms with Crippen molar-refractivity contribution < 1.29 is 19.4 Å². The van der Waals surface area contributed by atoms with Crippen LogP contribution in [0, 0.1) is 12.3 Å². The number of ether oxygens (including phenoxy) is 1. The van der Waals surface area contributed by atoms with Gasteiger partial charge in [-0.3, -0.25) is 19.5 Å². The molecule has 3 heterocycles. The van der Waals surface area contributed by atoms with Crippen LogP contribution in [0.5, 0.6) is 11.5 Å². The van der Waals surface area contributed by atoms with Gasteiger partial charge in [0.15, 0.2) is 0 Å². The molecule has 8 heteroatoms. The third-order valence-corrected chi connectivity index (χ3v) is 7.13. The van der Waals surface area contributed by atoms with Gasteiger partial charge in [-0.2, -0.15) is 0 Å². The Labute approximate surface area is 204 Å². The number of likely N-dealkylation sites (N-methyl/N-ethyl adjacent to an activating group) is 1. The Kier molecular flexibility index (Phi) is 5.45. The van der Waals surface area contributed by atoms with Crippen LogP contribution in [-0.2, 0) is 11.2 Å². The molecule has 8 nitrogen and oxygen atoms in total. The quantitative estimate of drug-likeness (QED) is 0.425. The second-order valence-electron chi connectivity index (χ2n) is 9.43. The molecule has 1 fully saturated rings. The van der Waals surface area contributed by atoms with Crippen LogP contribution >= 0.6 is 0 Å². The van der Waals surface area contributed by atoms with Gasteiger partial charge >= 0.3 is 6.03 Å². The number of benzene rings is 2. The van der Waals surface area contributed by atoms with Crippen LogP contribution in [0.25, 0.3) is 10.9 Å². The summed E-state index contributed by atoms with van der Waals surface area (Å²) in [6, 6.07) is 11.7. The maximum absolute atomic E-state index is 13.8. The summed E-state index contributed by atoms with van der Waals surface area (Å²) in [6.07, 6.45) is 5.77. The molecule has 0 spiro atoms. The van der Waals surface area contributed by atoms with Crippen LogP contribution in [-0.4, -0.2) is 76.1 Å². The molecular formula is C27H28N4O4. The first kappa shape index (κ1) is 22.8. The number of carbonyl (C=O) groups excluding carboxylic acids is 2.